The van der Waals surface area contributed by atoms with E-state index in [1.807, 2.05) is 0 Å². The molecule has 0 spiro atoms. The number of rotatable bonds is 3. The zero-order valence-corrected chi connectivity index (χ0v) is 6.15. The molecule has 1 fully saturated rings. The monoisotopic (exact) mass is 158 g/mol. The lowest BCUT2D eigenvalue weighted by Gasteiger charge is -2.00. The molecule has 0 aromatic carbocycles. The highest BCUT2D eigenvalue weighted by molar-refractivity contribution is 5.95. The Morgan fingerprint density at radius 3 is 2.73 bits per heavy atom. The van der Waals surface area contributed by atoms with Crippen molar-refractivity contribution >= 4 is 5.78 Å². The van der Waals surface area contributed by atoms with Gasteiger partial charge in [0.1, 0.15) is 18.0 Å². The molecule has 2 N–H and O–H groups in total. The van der Waals surface area contributed by atoms with Crippen LogP contribution < -0.4 is 0 Å². The Labute approximate surface area is 64.1 Å². The average Bonchev–Trinajstić information content (AvgIpc) is 2.67. The Morgan fingerprint density at radius 2 is 2.36 bits per heavy atom. The molecule has 2 atom stereocenters. The van der Waals surface area contributed by atoms with Gasteiger partial charge in [-0.25, -0.2) is 0 Å². The Balaban J connectivity index is 2.48. The minimum absolute atomic E-state index is 0.289. The van der Waals surface area contributed by atoms with E-state index in [2.05, 4.69) is 4.74 Å². The summed E-state index contributed by atoms with van der Waals surface area (Å²) in [7, 11) is 0. The number of carbonyl (C=O) groups is 1. The van der Waals surface area contributed by atoms with Crippen LogP contribution in [0.5, 0.6) is 0 Å². The van der Waals surface area contributed by atoms with Crippen molar-refractivity contribution in [2.45, 2.75) is 19.1 Å². The summed E-state index contributed by atoms with van der Waals surface area (Å²) in [5, 5.41) is 17.7. The van der Waals surface area contributed by atoms with E-state index < -0.39 is 12.2 Å². The normalized spacial score (nSPS) is 26.4. The first-order valence-electron chi connectivity index (χ1n) is 3.35. The Bertz CT molecular complexity index is 191. The maximum atomic E-state index is 10.8. The predicted octanol–water partition coefficient (Wildman–Crippen LogP) is -0.223. The Kier molecular flexibility index (Phi) is 2.26. The van der Waals surface area contributed by atoms with Crippen molar-refractivity contribution in [2.24, 2.45) is 0 Å². The summed E-state index contributed by atoms with van der Waals surface area (Å²) in [4.78, 5) is 10.8. The summed E-state index contributed by atoms with van der Waals surface area (Å²) < 4.78 is 4.66. The number of aliphatic hydroxyl groups excluding tert-OH is 2. The van der Waals surface area contributed by atoms with Gasteiger partial charge < -0.3 is 14.9 Å². The van der Waals surface area contributed by atoms with E-state index in [0.717, 1.165) is 6.08 Å². The number of ketones is 1. The molecule has 1 heterocycles. The van der Waals surface area contributed by atoms with Gasteiger partial charge in [-0.15, -0.1) is 0 Å². The minimum atomic E-state index is -0.988. The van der Waals surface area contributed by atoms with Crippen LogP contribution in [0.15, 0.2) is 11.8 Å². The van der Waals surface area contributed by atoms with Crippen molar-refractivity contribution < 1.29 is 19.7 Å². The van der Waals surface area contributed by atoms with Gasteiger partial charge in [-0.3, -0.25) is 4.79 Å². The fourth-order valence-corrected chi connectivity index (χ4v) is 0.572. The molecule has 1 saturated heterocycles. The molecule has 2 unspecified atom stereocenters. The Morgan fingerprint density at radius 1 is 1.82 bits per heavy atom. The van der Waals surface area contributed by atoms with Crippen LogP contribution in [0.25, 0.3) is 0 Å². The van der Waals surface area contributed by atoms with Gasteiger partial charge in [-0.2, -0.15) is 0 Å². The van der Waals surface area contributed by atoms with Gasteiger partial charge in [-0.05, 0) is 6.92 Å². The van der Waals surface area contributed by atoms with Crippen molar-refractivity contribution in [3.8, 4) is 0 Å². The molecular weight excluding hydrogens is 148 g/mol. The number of hydrogen-bond acceptors (Lipinski definition) is 4. The quantitative estimate of drug-likeness (QED) is 0.338. The standard InChI is InChI=1S/C7H10O4/c1-4(8)5(9)2-6(10)7-3-11-7/h2,4,7-9H,3H2,1H3. The molecule has 1 aliphatic rings. The van der Waals surface area contributed by atoms with Crippen LogP contribution in [0, 0.1) is 0 Å². The van der Waals surface area contributed by atoms with Gasteiger partial charge in [0.15, 0.2) is 5.78 Å². The van der Waals surface area contributed by atoms with Crippen molar-refractivity contribution in [2.75, 3.05) is 6.61 Å². The van der Waals surface area contributed by atoms with Crippen LogP contribution in [0.4, 0.5) is 0 Å². The third-order valence-corrected chi connectivity index (χ3v) is 1.37. The maximum Gasteiger partial charge on any atom is 0.190 e. The average molecular weight is 158 g/mol. The fourth-order valence-electron chi connectivity index (χ4n) is 0.572. The summed E-state index contributed by atoms with van der Waals surface area (Å²) in [6, 6.07) is 0. The summed E-state index contributed by atoms with van der Waals surface area (Å²) in [5.74, 6) is -0.603. The van der Waals surface area contributed by atoms with Crippen LogP contribution in [0.1, 0.15) is 6.92 Å². The van der Waals surface area contributed by atoms with Gasteiger partial charge in [0.2, 0.25) is 0 Å². The largest absolute Gasteiger partial charge is 0.509 e. The van der Waals surface area contributed by atoms with E-state index >= 15 is 0 Å². The summed E-state index contributed by atoms with van der Waals surface area (Å²) in [6.07, 6.45) is -0.379. The first-order valence-corrected chi connectivity index (χ1v) is 3.35. The molecule has 0 radical (unpaired) electrons. The summed E-state index contributed by atoms with van der Waals surface area (Å²) >= 11 is 0. The highest BCUT2D eigenvalue weighted by Gasteiger charge is 2.30. The SMILES string of the molecule is CC(O)C(O)=CC(=O)C1CO1. The van der Waals surface area contributed by atoms with Crippen molar-refractivity contribution in [3.05, 3.63) is 11.8 Å². The van der Waals surface area contributed by atoms with E-state index in [-0.39, 0.29) is 11.5 Å². The molecule has 1 aliphatic heterocycles. The lowest BCUT2D eigenvalue weighted by atomic mass is 10.2. The number of hydrogen-bond donors (Lipinski definition) is 2. The molecule has 11 heavy (non-hydrogen) atoms. The highest BCUT2D eigenvalue weighted by atomic mass is 16.6. The second kappa shape index (κ2) is 3.02. The van der Waals surface area contributed by atoms with Crippen LogP contribution in [0.2, 0.25) is 0 Å². The highest BCUT2D eigenvalue weighted by Crippen LogP contribution is 2.11. The van der Waals surface area contributed by atoms with E-state index in [0.29, 0.717) is 6.61 Å². The number of epoxide rings is 1. The first-order chi connectivity index (χ1) is 5.11. The number of ether oxygens (including phenoxy) is 1. The van der Waals surface area contributed by atoms with Gasteiger partial charge >= 0.3 is 0 Å². The zero-order chi connectivity index (χ0) is 8.43. The van der Waals surface area contributed by atoms with E-state index in [9.17, 15) is 4.79 Å². The number of aliphatic hydroxyl groups is 2. The first kappa shape index (κ1) is 8.23. The van der Waals surface area contributed by atoms with Crippen LogP contribution >= 0.6 is 0 Å². The molecule has 0 aromatic rings. The second-order valence-electron chi connectivity index (χ2n) is 2.47. The van der Waals surface area contributed by atoms with E-state index in [1.165, 1.54) is 6.92 Å². The molecule has 0 aliphatic carbocycles. The molecule has 62 valence electrons. The lowest BCUT2D eigenvalue weighted by molar-refractivity contribution is -0.115. The molecular formula is C7H10O4. The predicted molar refractivity (Wildman–Crippen MR) is 37.1 cm³/mol. The molecule has 0 aromatic heterocycles. The molecule has 0 bridgehead atoms. The maximum absolute atomic E-state index is 10.8. The zero-order valence-electron chi connectivity index (χ0n) is 6.15. The molecule has 1 rings (SSSR count). The topological polar surface area (TPSA) is 70.1 Å². The van der Waals surface area contributed by atoms with Crippen LogP contribution in [-0.2, 0) is 9.53 Å². The van der Waals surface area contributed by atoms with E-state index in [1.54, 1.807) is 0 Å². The van der Waals surface area contributed by atoms with Crippen LogP contribution in [-0.4, -0.2) is 34.8 Å². The molecule has 4 nitrogen and oxygen atoms in total. The number of carbonyl (C=O) groups excluding carboxylic acids is 1. The van der Waals surface area contributed by atoms with Crippen molar-refractivity contribution in [1.82, 2.24) is 0 Å². The summed E-state index contributed by atoms with van der Waals surface area (Å²) in [6.45, 7) is 1.80. The third-order valence-electron chi connectivity index (χ3n) is 1.37. The van der Waals surface area contributed by atoms with E-state index in [4.69, 9.17) is 10.2 Å². The third kappa shape index (κ3) is 2.32. The lowest BCUT2D eigenvalue weighted by Crippen LogP contribution is -2.09. The Hall–Kier alpha value is -0.870. The minimum Gasteiger partial charge on any atom is -0.509 e. The van der Waals surface area contributed by atoms with Gasteiger partial charge in [0.05, 0.1) is 6.61 Å². The smallest absolute Gasteiger partial charge is 0.190 e. The van der Waals surface area contributed by atoms with Gasteiger partial charge in [0, 0.05) is 6.08 Å². The molecule has 4 heteroatoms. The van der Waals surface area contributed by atoms with Crippen LogP contribution in [0.3, 0.4) is 0 Å². The van der Waals surface area contributed by atoms with Gasteiger partial charge in [0.25, 0.3) is 0 Å². The van der Waals surface area contributed by atoms with Crippen molar-refractivity contribution in [1.29, 1.82) is 0 Å². The van der Waals surface area contributed by atoms with Gasteiger partial charge in [-0.1, -0.05) is 0 Å². The molecule has 0 saturated carbocycles. The summed E-state index contributed by atoms with van der Waals surface area (Å²) in [5.41, 5.74) is 0. The second-order valence-corrected chi connectivity index (χ2v) is 2.47. The molecule has 0 amide bonds. The van der Waals surface area contributed by atoms with Crippen molar-refractivity contribution in [3.63, 3.8) is 0 Å². The fraction of sp³-hybridized carbons (Fsp3) is 0.571.